The molecule has 0 unspecified atom stereocenters. The van der Waals surface area contributed by atoms with Crippen LogP contribution >= 0.6 is 11.3 Å². The van der Waals surface area contributed by atoms with Gasteiger partial charge in [0.05, 0.1) is 11.8 Å². The Morgan fingerprint density at radius 1 is 1.33 bits per heavy atom. The summed E-state index contributed by atoms with van der Waals surface area (Å²) < 4.78 is 13.2. The van der Waals surface area contributed by atoms with Gasteiger partial charge in [0.15, 0.2) is 5.13 Å². The van der Waals surface area contributed by atoms with Crippen LogP contribution in [0.25, 0.3) is 0 Å². The number of aromatic nitrogens is 1. The van der Waals surface area contributed by atoms with E-state index in [2.05, 4.69) is 19.2 Å². The number of nitrogens with zero attached hydrogens (tertiary/aromatic N) is 2. The number of amides is 1. The van der Waals surface area contributed by atoms with Gasteiger partial charge in [-0.2, -0.15) is 0 Å². The zero-order chi connectivity index (χ0) is 23.9. The van der Waals surface area contributed by atoms with Gasteiger partial charge in [-0.3, -0.25) is 4.79 Å². The highest BCUT2D eigenvalue weighted by Crippen LogP contribution is 2.57. The predicted molar refractivity (Wildman–Crippen MR) is 131 cm³/mol. The van der Waals surface area contributed by atoms with Crippen LogP contribution in [0.4, 0.5) is 15.2 Å². The van der Waals surface area contributed by atoms with E-state index in [4.69, 9.17) is 4.98 Å². The maximum atomic E-state index is 13.2. The summed E-state index contributed by atoms with van der Waals surface area (Å²) in [5, 5.41) is 15.7. The molecular formula is C26H36FN3O2S. The van der Waals surface area contributed by atoms with Gasteiger partial charge in [-0.1, -0.05) is 20.8 Å². The highest BCUT2D eigenvalue weighted by molar-refractivity contribution is 7.15. The van der Waals surface area contributed by atoms with Gasteiger partial charge in [-0.25, -0.2) is 9.37 Å². The molecule has 1 aromatic carbocycles. The summed E-state index contributed by atoms with van der Waals surface area (Å²) in [7, 11) is 0. The fourth-order valence-corrected chi connectivity index (χ4v) is 7.55. The van der Waals surface area contributed by atoms with Gasteiger partial charge < -0.3 is 15.3 Å². The lowest BCUT2D eigenvalue weighted by Gasteiger charge is -2.53. The molecule has 6 atom stereocenters. The number of hydrogen-bond acceptors (Lipinski definition) is 5. The first kappa shape index (κ1) is 24.1. The van der Waals surface area contributed by atoms with Crippen LogP contribution in [0.5, 0.6) is 0 Å². The maximum absolute atomic E-state index is 13.2. The number of benzene rings is 1. The largest absolute Gasteiger partial charge is 0.392 e. The molecule has 2 aliphatic rings. The number of nitrogens with one attached hydrogen (secondary N) is 1. The van der Waals surface area contributed by atoms with Crippen molar-refractivity contribution in [2.24, 2.45) is 23.2 Å². The van der Waals surface area contributed by atoms with Gasteiger partial charge in [-0.05, 0) is 74.6 Å². The van der Waals surface area contributed by atoms with Crippen molar-refractivity contribution in [3.05, 3.63) is 40.7 Å². The third kappa shape index (κ3) is 4.42. The number of aliphatic hydroxyl groups is 1. The number of carbonyl (C=O) groups is 1. The minimum absolute atomic E-state index is 0.0139. The molecule has 4 rings (SSSR count). The van der Waals surface area contributed by atoms with Crippen LogP contribution in [-0.2, 0) is 11.2 Å². The molecule has 1 saturated carbocycles. The van der Waals surface area contributed by atoms with Crippen molar-refractivity contribution in [2.45, 2.75) is 65.9 Å². The zero-order valence-corrected chi connectivity index (χ0v) is 21.1. The fraction of sp³-hybridized carbons (Fsp3) is 0.615. The molecule has 0 aliphatic heterocycles. The summed E-state index contributed by atoms with van der Waals surface area (Å²) in [6, 6.07) is 6.29. The van der Waals surface area contributed by atoms with Crippen LogP contribution < -0.4 is 5.32 Å². The van der Waals surface area contributed by atoms with E-state index in [1.54, 1.807) is 23.5 Å². The molecule has 0 bridgehead atoms. The van der Waals surface area contributed by atoms with Crippen molar-refractivity contribution in [1.29, 1.82) is 0 Å². The molecular weight excluding hydrogens is 437 g/mol. The van der Waals surface area contributed by atoms with Crippen molar-refractivity contribution in [3.8, 4) is 0 Å². The van der Waals surface area contributed by atoms with Crippen molar-refractivity contribution < 1.29 is 14.3 Å². The molecule has 0 spiro atoms. The number of carbonyl (C=O) groups excluding carboxylic acids is 1. The Hall–Kier alpha value is -1.99. The van der Waals surface area contributed by atoms with Crippen molar-refractivity contribution in [1.82, 2.24) is 9.88 Å². The minimum atomic E-state index is -0.531. The van der Waals surface area contributed by atoms with E-state index in [0.29, 0.717) is 13.1 Å². The molecule has 7 heteroatoms. The van der Waals surface area contributed by atoms with Gasteiger partial charge in [0.25, 0.3) is 0 Å². The standard InChI is InChI=1S/C26H36FN3O2S/c1-6-30(7-2)24(32)15(3)19-12-13-26(5)14-20-22(16(4)21(26)23(19)31)29-25(33-20)28-18-10-8-17(27)9-11-18/h8-11,15-16,19,21,23,31H,6-7,12-14H2,1-5H3,(H,28,29)/t15-,16-,19-,21+,23-,26+/m0/s1. The summed E-state index contributed by atoms with van der Waals surface area (Å²) >= 11 is 1.66. The number of thiazole rings is 1. The van der Waals surface area contributed by atoms with Crippen molar-refractivity contribution >= 4 is 28.1 Å². The monoisotopic (exact) mass is 473 g/mol. The second-order valence-corrected chi connectivity index (χ2v) is 11.2. The molecule has 2 aliphatic carbocycles. The van der Waals surface area contributed by atoms with E-state index < -0.39 is 6.10 Å². The van der Waals surface area contributed by atoms with Crippen LogP contribution in [0.2, 0.25) is 0 Å². The Kier molecular flexibility index (Phi) is 6.83. The van der Waals surface area contributed by atoms with Crippen molar-refractivity contribution in [3.63, 3.8) is 0 Å². The van der Waals surface area contributed by atoms with Crippen LogP contribution in [-0.4, -0.2) is 40.1 Å². The molecule has 2 N–H and O–H groups in total. The average Bonchev–Trinajstić information content (AvgIpc) is 3.17. The number of rotatable bonds is 6. The van der Waals surface area contributed by atoms with E-state index in [-0.39, 0.29) is 40.8 Å². The molecule has 1 amide bonds. The van der Waals surface area contributed by atoms with E-state index in [0.717, 1.165) is 35.8 Å². The Morgan fingerprint density at radius 3 is 2.64 bits per heavy atom. The number of halogens is 1. The molecule has 180 valence electrons. The highest BCUT2D eigenvalue weighted by atomic mass is 32.1. The lowest BCUT2D eigenvalue weighted by atomic mass is 9.53. The number of hydrogen-bond donors (Lipinski definition) is 2. The van der Waals surface area contributed by atoms with E-state index in [1.165, 1.54) is 17.0 Å². The molecule has 2 aromatic rings. The second-order valence-electron chi connectivity index (χ2n) is 10.1. The second kappa shape index (κ2) is 9.34. The Morgan fingerprint density at radius 2 is 2.00 bits per heavy atom. The summed E-state index contributed by atoms with van der Waals surface area (Å²) in [4.78, 5) is 21.1. The summed E-state index contributed by atoms with van der Waals surface area (Å²) in [5.74, 6) is -0.165. The van der Waals surface area contributed by atoms with E-state index in [9.17, 15) is 14.3 Å². The number of fused-ring (bicyclic) bond motifs is 2. The van der Waals surface area contributed by atoms with Crippen LogP contribution in [0.15, 0.2) is 24.3 Å². The van der Waals surface area contributed by atoms with Crippen LogP contribution in [0, 0.1) is 29.0 Å². The lowest BCUT2D eigenvalue weighted by molar-refractivity contribution is -0.144. The van der Waals surface area contributed by atoms with Gasteiger partial charge >= 0.3 is 0 Å². The van der Waals surface area contributed by atoms with Gasteiger partial charge in [0.2, 0.25) is 5.91 Å². The smallest absolute Gasteiger partial charge is 0.225 e. The maximum Gasteiger partial charge on any atom is 0.225 e. The lowest BCUT2D eigenvalue weighted by Crippen LogP contribution is -2.53. The Labute approximate surface area is 200 Å². The molecule has 5 nitrogen and oxygen atoms in total. The fourth-order valence-electron chi connectivity index (χ4n) is 6.26. The third-order valence-corrected chi connectivity index (χ3v) is 9.11. The molecule has 1 aromatic heterocycles. The molecule has 33 heavy (non-hydrogen) atoms. The zero-order valence-electron chi connectivity index (χ0n) is 20.3. The van der Waals surface area contributed by atoms with Gasteiger partial charge in [0, 0.05) is 35.5 Å². The minimum Gasteiger partial charge on any atom is -0.392 e. The quantitative estimate of drug-likeness (QED) is 0.575. The van der Waals surface area contributed by atoms with Crippen LogP contribution in [0.3, 0.4) is 0 Å². The average molecular weight is 474 g/mol. The first-order valence-electron chi connectivity index (χ1n) is 12.2. The molecule has 1 heterocycles. The van der Waals surface area contributed by atoms with Gasteiger partial charge in [0.1, 0.15) is 5.82 Å². The highest BCUT2D eigenvalue weighted by Gasteiger charge is 2.54. The van der Waals surface area contributed by atoms with E-state index in [1.807, 2.05) is 25.7 Å². The Bertz CT molecular complexity index is 990. The first-order chi connectivity index (χ1) is 15.7. The molecule has 0 saturated heterocycles. The van der Waals surface area contributed by atoms with Crippen molar-refractivity contribution in [2.75, 3.05) is 18.4 Å². The van der Waals surface area contributed by atoms with Gasteiger partial charge in [-0.15, -0.1) is 11.3 Å². The summed E-state index contributed by atoms with van der Waals surface area (Å²) in [6.07, 6.45) is 2.22. The summed E-state index contributed by atoms with van der Waals surface area (Å²) in [6.45, 7) is 11.9. The molecule has 1 fully saturated rings. The van der Waals surface area contributed by atoms with E-state index >= 15 is 0 Å². The number of aliphatic hydroxyl groups excluding tert-OH is 1. The predicted octanol–water partition coefficient (Wildman–Crippen LogP) is 5.58. The number of anilines is 2. The topological polar surface area (TPSA) is 65.5 Å². The first-order valence-corrected chi connectivity index (χ1v) is 13.0. The van der Waals surface area contributed by atoms with Crippen LogP contribution in [0.1, 0.15) is 63.9 Å². The Balaban J connectivity index is 1.57. The molecule has 0 radical (unpaired) electrons. The third-order valence-electron chi connectivity index (χ3n) is 8.12. The summed E-state index contributed by atoms with van der Waals surface area (Å²) in [5.41, 5.74) is 1.84. The normalized spacial score (nSPS) is 29.7. The SMILES string of the molecule is CCN(CC)C(=O)[C@@H](C)[C@@H]1CC[C@]2(C)Cc3sc(Nc4ccc(F)cc4)nc3[C@@H](C)[C@@H]2[C@H]1O.